The lowest BCUT2D eigenvalue weighted by atomic mass is 9.92. The van der Waals surface area contributed by atoms with Gasteiger partial charge in [0.15, 0.2) is 0 Å². The van der Waals surface area contributed by atoms with Crippen LogP contribution in [0, 0.1) is 5.92 Å². The molecule has 84 valence electrons. The average molecular weight is 206 g/mol. The Labute approximate surface area is 84.7 Å². The van der Waals surface area contributed by atoms with Crippen molar-refractivity contribution in [3.05, 3.63) is 0 Å². The summed E-state index contributed by atoms with van der Waals surface area (Å²) in [5, 5.41) is 3.19. The molecule has 0 aromatic rings. The smallest absolute Gasteiger partial charge is 0.251 e. The second-order valence-corrected chi connectivity index (χ2v) is 4.13. The lowest BCUT2D eigenvalue weighted by molar-refractivity contribution is 0.0596. The molecule has 4 heteroatoms. The zero-order valence-electron chi connectivity index (χ0n) is 8.97. The molecule has 0 amide bonds. The Morgan fingerprint density at radius 2 is 2.21 bits per heavy atom. The third-order valence-corrected chi connectivity index (χ3v) is 3.10. The van der Waals surface area contributed by atoms with Crippen LogP contribution < -0.4 is 5.32 Å². The number of halogens is 2. The molecule has 1 N–H and O–H groups in total. The number of nitrogens with one attached hydrogen (secondary N) is 1. The van der Waals surface area contributed by atoms with Crippen molar-refractivity contribution in [1.82, 2.24) is 10.2 Å². The summed E-state index contributed by atoms with van der Waals surface area (Å²) < 4.78 is 24.3. The van der Waals surface area contributed by atoms with Crippen LogP contribution in [0.4, 0.5) is 8.78 Å². The summed E-state index contributed by atoms with van der Waals surface area (Å²) in [5.74, 6) is 0.521. The van der Waals surface area contributed by atoms with Gasteiger partial charge in [-0.3, -0.25) is 4.90 Å². The first-order chi connectivity index (χ1) is 6.63. The maximum absolute atomic E-state index is 12.2. The van der Waals surface area contributed by atoms with Crippen molar-refractivity contribution in [1.29, 1.82) is 0 Å². The fourth-order valence-electron chi connectivity index (χ4n) is 2.10. The number of alkyl halides is 2. The molecule has 0 aromatic heterocycles. The largest absolute Gasteiger partial charge is 0.317 e. The number of rotatable bonds is 4. The third-order valence-electron chi connectivity index (χ3n) is 3.10. The molecular formula is C10H20F2N2. The van der Waals surface area contributed by atoms with E-state index in [9.17, 15) is 8.78 Å². The lowest BCUT2D eigenvalue weighted by Crippen LogP contribution is -2.44. The van der Waals surface area contributed by atoms with Gasteiger partial charge >= 0.3 is 0 Å². The number of hydrogen-bond donors (Lipinski definition) is 1. The van der Waals surface area contributed by atoms with Crippen LogP contribution in [0.5, 0.6) is 0 Å². The van der Waals surface area contributed by atoms with Crippen LogP contribution in [-0.4, -0.2) is 44.0 Å². The molecule has 2 atom stereocenters. The SMILES string of the molecule is CNC(C)C1CCCN(CC(F)F)C1. The van der Waals surface area contributed by atoms with Crippen molar-refractivity contribution < 1.29 is 8.78 Å². The summed E-state index contributed by atoms with van der Waals surface area (Å²) >= 11 is 0. The van der Waals surface area contributed by atoms with Crippen LogP contribution in [0.2, 0.25) is 0 Å². The van der Waals surface area contributed by atoms with Gasteiger partial charge in [0, 0.05) is 12.6 Å². The molecule has 0 saturated carbocycles. The molecule has 0 radical (unpaired) electrons. The highest BCUT2D eigenvalue weighted by Gasteiger charge is 2.25. The van der Waals surface area contributed by atoms with Gasteiger partial charge in [-0.15, -0.1) is 0 Å². The van der Waals surface area contributed by atoms with Crippen molar-refractivity contribution in [2.24, 2.45) is 5.92 Å². The average Bonchev–Trinajstić information content (AvgIpc) is 2.16. The van der Waals surface area contributed by atoms with Gasteiger partial charge in [0.1, 0.15) is 0 Å². The van der Waals surface area contributed by atoms with Gasteiger partial charge in [-0.2, -0.15) is 0 Å². The van der Waals surface area contributed by atoms with Crippen LogP contribution >= 0.6 is 0 Å². The lowest BCUT2D eigenvalue weighted by Gasteiger charge is -2.35. The molecule has 1 saturated heterocycles. The van der Waals surface area contributed by atoms with Crippen LogP contribution in [-0.2, 0) is 0 Å². The fraction of sp³-hybridized carbons (Fsp3) is 1.00. The van der Waals surface area contributed by atoms with Crippen LogP contribution in [0.3, 0.4) is 0 Å². The van der Waals surface area contributed by atoms with Gasteiger partial charge in [-0.1, -0.05) is 0 Å². The number of piperidine rings is 1. The van der Waals surface area contributed by atoms with E-state index in [1.807, 2.05) is 11.9 Å². The standard InChI is InChI=1S/C10H20F2N2/c1-8(13-2)9-4-3-5-14(6-9)7-10(11)12/h8-10,13H,3-7H2,1-2H3. The van der Waals surface area contributed by atoms with Crippen LogP contribution in [0.15, 0.2) is 0 Å². The van der Waals surface area contributed by atoms with Crippen LogP contribution in [0.25, 0.3) is 0 Å². The molecule has 1 heterocycles. The van der Waals surface area contributed by atoms with E-state index < -0.39 is 6.43 Å². The van der Waals surface area contributed by atoms with Crippen molar-refractivity contribution in [2.75, 3.05) is 26.7 Å². The first-order valence-corrected chi connectivity index (χ1v) is 5.31. The topological polar surface area (TPSA) is 15.3 Å². The summed E-state index contributed by atoms with van der Waals surface area (Å²) in [4.78, 5) is 1.88. The van der Waals surface area contributed by atoms with Gasteiger partial charge < -0.3 is 5.32 Å². The Kier molecular flexibility index (Phi) is 4.75. The van der Waals surface area contributed by atoms with Crippen molar-refractivity contribution >= 4 is 0 Å². The van der Waals surface area contributed by atoms with Gasteiger partial charge in [0.25, 0.3) is 6.43 Å². The zero-order valence-corrected chi connectivity index (χ0v) is 8.97. The first kappa shape index (κ1) is 11.9. The number of likely N-dealkylation sites (tertiary alicyclic amines) is 1. The highest BCUT2D eigenvalue weighted by atomic mass is 19.3. The molecule has 14 heavy (non-hydrogen) atoms. The zero-order chi connectivity index (χ0) is 10.6. The quantitative estimate of drug-likeness (QED) is 0.751. The van der Waals surface area contributed by atoms with Gasteiger partial charge in [0.2, 0.25) is 0 Å². The molecule has 0 spiro atoms. The third kappa shape index (κ3) is 3.50. The Bertz CT molecular complexity index is 164. The van der Waals surface area contributed by atoms with E-state index in [0.29, 0.717) is 12.0 Å². The molecule has 2 unspecified atom stereocenters. The van der Waals surface area contributed by atoms with E-state index in [0.717, 1.165) is 25.9 Å². The van der Waals surface area contributed by atoms with Crippen molar-refractivity contribution in [3.8, 4) is 0 Å². The summed E-state index contributed by atoms with van der Waals surface area (Å²) in [6, 6.07) is 0.426. The predicted molar refractivity (Wildman–Crippen MR) is 53.7 cm³/mol. The highest BCUT2D eigenvalue weighted by Crippen LogP contribution is 2.20. The fourth-order valence-corrected chi connectivity index (χ4v) is 2.10. The summed E-state index contributed by atoms with van der Waals surface area (Å²) in [7, 11) is 1.93. The molecule has 0 bridgehead atoms. The van der Waals surface area contributed by atoms with E-state index in [-0.39, 0.29) is 6.54 Å². The maximum Gasteiger partial charge on any atom is 0.251 e. The Balaban J connectivity index is 2.35. The second kappa shape index (κ2) is 5.61. The first-order valence-electron chi connectivity index (χ1n) is 5.31. The minimum Gasteiger partial charge on any atom is -0.317 e. The molecule has 0 aromatic carbocycles. The molecule has 1 aliphatic rings. The summed E-state index contributed by atoms with van der Waals surface area (Å²) in [5.41, 5.74) is 0. The summed E-state index contributed by atoms with van der Waals surface area (Å²) in [6.45, 7) is 3.70. The minimum absolute atomic E-state index is 0.0626. The Morgan fingerprint density at radius 3 is 2.79 bits per heavy atom. The molecule has 1 fully saturated rings. The minimum atomic E-state index is -2.20. The molecule has 1 aliphatic heterocycles. The molecule has 2 nitrogen and oxygen atoms in total. The highest BCUT2D eigenvalue weighted by molar-refractivity contribution is 4.79. The summed E-state index contributed by atoms with van der Waals surface area (Å²) in [6.07, 6.45) is 0.00385. The number of nitrogens with zero attached hydrogens (tertiary/aromatic N) is 1. The van der Waals surface area contributed by atoms with Crippen LogP contribution in [0.1, 0.15) is 19.8 Å². The predicted octanol–water partition coefficient (Wildman–Crippen LogP) is 1.57. The van der Waals surface area contributed by atoms with E-state index in [1.165, 1.54) is 0 Å². The van der Waals surface area contributed by atoms with Gasteiger partial charge in [0.05, 0.1) is 6.54 Å². The Morgan fingerprint density at radius 1 is 1.50 bits per heavy atom. The second-order valence-electron chi connectivity index (χ2n) is 4.13. The van der Waals surface area contributed by atoms with Crippen molar-refractivity contribution in [3.63, 3.8) is 0 Å². The van der Waals surface area contributed by atoms with Gasteiger partial charge in [-0.25, -0.2) is 8.78 Å². The monoisotopic (exact) mass is 206 g/mol. The van der Waals surface area contributed by atoms with Gasteiger partial charge in [-0.05, 0) is 39.3 Å². The maximum atomic E-state index is 12.2. The number of hydrogen-bond acceptors (Lipinski definition) is 2. The van der Waals surface area contributed by atoms with E-state index in [1.54, 1.807) is 0 Å². The molecule has 0 aliphatic carbocycles. The van der Waals surface area contributed by atoms with E-state index in [4.69, 9.17) is 0 Å². The normalized spacial score (nSPS) is 26.8. The molecular weight excluding hydrogens is 186 g/mol. The van der Waals surface area contributed by atoms with E-state index in [2.05, 4.69) is 12.2 Å². The van der Waals surface area contributed by atoms with E-state index >= 15 is 0 Å². The Hall–Kier alpha value is -0.220. The van der Waals surface area contributed by atoms with Crippen molar-refractivity contribution in [2.45, 2.75) is 32.2 Å². The molecule has 1 rings (SSSR count).